The van der Waals surface area contributed by atoms with Gasteiger partial charge in [0.25, 0.3) is 0 Å². The maximum Gasteiger partial charge on any atom is 0.178 e. The van der Waals surface area contributed by atoms with Gasteiger partial charge in [-0.25, -0.2) is 0 Å². The Morgan fingerprint density at radius 1 is 0.678 bits per heavy atom. The van der Waals surface area contributed by atoms with Crippen LogP contribution >= 0.6 is 11.8 Å². The lowest BCUT2D eigenvalue weighted by molar-refractivity contribution is 0.0757. The van der Waals surface area contributed by atoms with Crippen LogP contribution in [-0.4, -0.2) is 18.1 Å². The van der Waals surface area contributed by atoms with Gasteiger partial charge in [0, 0.05) is 39.3 Å². The molecule has 5 aromatic carbocycles. The Balaban J connectivity index is 1.31. The van der Waals surface area contributed by atoms with Crippen molar-refractivity contribution in [2.75, 3.05) is 13.2 Å². The van der Waals surface area contributed by atoms with E-state index in [1.807, 2.05) is 11.8 Å². The lowest BCUT2D eigenvalue weighted by atomic mass is 9.58. The standard InChI is InChI=1S/C54H62O4S/c1-9-31-55-39-21-17-37(18-22-39)53(38-19-23-40(24-20-38)56-32-10-2)26-25-42-49-48(41-15-13-14-16-45(41)52(49)29-27-51(11-3,12-4)28-30-52)43-33-46-47(34-44(43)50(42)58-53)59-54(57-46,35(5)6)36(7)8/h13-26,33-36H,9-12,27-32H2,1-8H3. The first-order valence-corrected chi connectivity index (χ1v) is 23.4. The molecule has 0 N–H and O–H groups in total. The summed E-state index contributed by atoms with van der Waals surface area (Å²) in [6.07, 6.45) is 13.9. The van der Waals surface area contributed by atoms with Crippen LogP contribution in [0.15, 0.2) is 95.9 Å². The molecule has 9 rings (SSSR count). The van der Waals surface area contributed by atoms with Crippen molar-refractivity contribution in [3.63, 3.8) is 0 Å². The van der Waals surface area contributed by atoms with Gasteiger partial charge in [0.05, 0.1) is 18.1 Å². The minimum Gasteiger partial charge on any atom is -0.494 e. The summed E-state index contributed by atoms with van der Waals surface area (Å²) in [5.41, 5.74) is 8.41. The van der Waals surface area contributed by atoms with Crippen molar-refractivity contribution in [1.29, 1.82) is 0 Å². The molecule has 4 nitrogen and oxygen atoms in total. The SMILES string of the molecule is CCCOc1ccc(C2(c3ccc(OCCC)cc3)C=Cc3c4c(c5cc6c(cc5c3O2)SC(C(C)C)(C(C)C)O6)-c2ccccc2C42CCC(CC)(CC)CC2)cc1. The van der Waals surface area contributed by atoms with E-state index in [1.165, 1.54) is 63.8 Å². The molecule has 308 valence electrons. The van der Waals surface area contributed by atoms with Crippen molar-refractivity contribution in [2.45, 2.75) is 128 Å². The van der Waals surface area contributed by atoms with Crippen LogP contribution in [0.5, 0.6) is 23.0 Å². The lowest BCUT2D eigenvalue weighted by Gasteiger charge is -2.47. The molecule has 1 spiro atoms. The van der Waals surface area contributed by atoms with E-state index < -0.39 is 5.60 Å². The first kappa shape index (κ1) is 40.1. The van der Waals surface area contributed by atoms with E-state index in [1.54, 1.807) is 0 Å². The zero-order valence-electron chi connectivity index (χ0n) is 36.5. The van der Waals surface area contributed by atoms with E-state index in [0.29, 0.717) is 30.5 Å². The maximum atomic E-state index is 7.88. The highest BCUT2D eigenvalue weighted by molar-refractivity contribution is 8.01. The van der Waals surface area contributed by atoms with Crippen LogP contribution in [0.3, 0.4) is 0 Å². The topological polar surface area (TPSA) is 36.9 Å². The van der Waals surface area contributed by atoms with Gasteiger partial charge in [0.2, 0.25) is 0 Å². The largest absolute Gasteiger partial charge is 0.494 e. The molecule has 0 aromatic heterocycles. The molecule has 0 saturated heterocycles. The van der Waals surface area contributed by atoms with E-state index in [4.69, 9.17) is 18.9 Å². The van der Waals surface area contributed by atoms with Crippen molar-refractivity contribution in [1.82, 2.24) is 0 Å². The van der Waals surface area contributed by atoms with E-state index in [-0.39, 0.29) is 10.3 Å². The van der Waals surface area contributed by atoms with E-state index in [0.717, 1.165) is 65.2 Å². The third kappa shape index (κ3) is 6.22. The molecule has 0 amide bonds. The Kier molecular flexibility index (Phi) is 10.4. The quantitative estimate of drug-likeness (QED) is 0.126. The molecule has 4 aliphatic rings. The van der Waals surface area contributed by atoms with E-state index in [9.17, 15) is 0 Å². The Morgan fingerprint density at radius 2 is 1.27 bits per heavy atom. The molecule has 2 aliphatic carbocycles. The summed E-state index contributed by atoms with van der Waals surface area (Å²) in [5, 5.41) is 2.37. The highest BCUT2D eigenvalue weighted by atomic mass is 32.2. The highest BCUT2D eigenvalue weighted by Gasteiger charge is 2.53. The van der Waals surface area contributed by atoms with Gasteiger partial charge < -0.3 is 18.9 Å². The van der Waals surface area contributed by atoms with Crippen LogP contribution in [0.2, 0.25) is 0 Å². The summed E-state index contributed by atoms with van der Waals surface area (Å²) in [5.74, 6) is 4.35. The number of benzene rings is 5. The predicted octanol–water partition coefficient (Wildman–Crippen LogP) is 14.9. The Bertz CT molecular complexity index is 2310. The molecular weight excluding hydrogens is 745 g/mol. The summed E-state index contributed by atoms with van der Waals surface area (Å²) in [7, 11) is 0. The van der Waals surface area contributed by atoms with Crippen LogP contribution in [0.1, 0.15) is 135 Å². The fourth-order valence-corrected chi connectivity index (χ4v) is 12.4. The minimum absolute atomic E-state index is 0.101. The molecule has 5 aromatic rings. The van der Waals surface area contributed by atoms with Gasteiger partial charge in [-0.3, -0.25) is 0 Å². The van der Waals surface area contributed by atoms with Gasteiger partial charge >= 0.3 is 0 Å². The number of hydrogen-bond acceptors (Lipinski definition) is 5. The van der Waals surface area contributed by atoms with Crippen LogP contribution in [0.4, 0.5) is 0 Å². The number of fused-ring (bicyclic) bond motifs is 11. The fourth-order valence-electron chi connectivity index (χ4n) is 11.0. The van der Waals surface area contributed by atoms with Crippen molar-refractivity contribution < 1.29 is 18.9 Å². The first-order valence-electron chi connectivity index (χ1n) is 22.6. The molecule has 5 heteroatoms. The molecule has 2 heterocycles. The summed E-state index contributed by atoms with van der Waals surface area (Å²) >= 11 is 1.90. The van der Waals surface area contributed by atoms with Gasteiger partial charge in [-0.05, 0) is 114 Å². The van der Waals surface area contributed by atoms with Crippen molar-refractivity contribution in [2.24, 2.45) is 17.3 Å². The molecule has 0 unspecified atom stereocenters. The monoisotopic (exact) mass is 806 g/mol. The summed E-state index contributed by atoms with van der Waals surface area (Å²) in [6, 6.07) is 31.2. The fraction of sp³-hybridized carbons (Fsp3) is 0.444. The minimum atomic E-state index is -0.895. The van der Waals surface area contributed by atoms with E-state index in [2.05, 4.69) is 152 Å². The zero-order chi connectivity index (χ0) is 41.2. The van der Waals surface area contributed by atoms with Crippen LogP contribution in [-0.2, 0) is 11.0 Å². The van der Waals surface area contributed by atoms with Crippen molar-refractivity contribution in [3.8, 4) is 34.1 Å². The molecule has 0 radical (unpaired) electrons. The third-order valence-electron chi connectivity index (χ3n) is 14.6. The Labute approximate surface area is 357 Å². The summed E-state index contributed by atoms with van der Waals surface area (Å²) in [4.78, 5) is 0.845. The molecule has 1 fully saturated rings. The van der Waals surface area contributed by atoms with Crippen molar-refractivity contribution >= 4 is 28.6 Å². The zero-order valence-corrected chi connectivity index (χ0v) is 37.3. The molecule has 0 bridgehead atoms. The number of ether oxygens (including phenoxy) is 4. The number of thioether (sulfide) groups is 1. The molecular formula is C54H62O4S. The lowest BCUT2D eigenvalue weighted by Crippen LogP contribution is -2.40. The first-order chi connectivity index (χ1) is 28.6. The van der Waals surface area contributed by atoms with Crippen LogP contribution in [0.25, 0.3) is 28.0 Å². The van der Waals surface area contributed by atoms with E-state index >= 15 is 0 Å². The summed E-state index contributed by atoms with van der Waals surface area (Å²) in [6.45, 7) is 19.7. The second-order valence-corrected chi connectivity index (χ2v) is 19.6. The third-order valence-corrected chi connectivity index (χ3v) is 16.5. The maximum absolute atomic E-state index is 7.88. The van der Waals surface area contributed by atoms with Crippen molar-refractivity contribution in [3.05, 3.63) is 119 Å². The predicted molar refractivity (Wildman–Crippen MR) is 245 cm³/mol. The molecule has 1 saturated carbocycles. The van der Waals surface area contributed by atoms with Gasteiger partial charge in [-0.15, -0.1) is 0 Å². The second kappa shape index (κ2) is 15.3. The second-order valence-electron chi connectivity index (χ2n) is 18.3. The van der Waals surface area contributed by atoms with Gasteiger partial charge in [0.1, 0.15) is 23.0 Å². The highest BCUT2D eigenvalue weighted by Crippen LogP contribution is 2.66. The van der Waals surface area contributed by atoms with Gasteiger partial charge in [-0.2, -0.15) is 0 Å². The Morgan fingerprint density at radius 3 is 1.83 bits per heavy atom. The van der Waals surface area contributed by atoms with Gasteiger partial charge in [-0.1, -0.05) is 135 Å². The number of hydrogen-bond donors (Lipinski definition) is 0. The normalized spacial score (nSPS) is 18.6. The number of rotatable bonds is 12. The Hall–Kier alpha value is -4.35. The molecule has 2 aliphatic heterocycles. The van der Waals surface area contributed by atoms with Crippen LogP contribution in [0, 0.1) is 17.3 Å². The van der Waals surface area contributed by atoms with Gasteiger partial charge in [0.15, 0.2) is 10.5 Å². The average Bonchev–Trinajstić information content (AvgIpc) is 3.80. The smallest absolute Gasteiger partial charge is 0.178 e. The molecule has 0 atom stereocenters. The van der Waals surface area contributed by atoms with Crippen LogP contribution < -0.4 is 18.9 Å². The molecule has 59 heavy (non-hydrogen) atoms. The average molecular weight is 807 g/mol. The summed E-state index contributed by atoms with van der Waals surface area (Å²) < 4.78 is 27.2.